The van der Waals surface area contributed by atoms with Crippen LogP contribution in [-0.4, -0.2) is 18.0 Å². The number of hydrogen-bond acceptors (Lipinski definition) is 1. The molecule has 0 aromatic carbocycles. The van der Waals surface area contributed by atoms with Gasteiger partial charge in [0.2, 0.25) is 0 Å². The van der Waals surface area contributed by atoms with Crippen LogP contribution in [0.15, 0.2) is 12.3 Å². The van der Waals surface area contributed by atoms with Crippen molar-refractivity contribution in [3.8, 4) is 0 Å². The minimum absolute atomic E-state index is 0.771. The summed E-state index contributed by atoms with van der Waals surface area (Å²) >= 11 is 0. The van der Waals surface area contributed by atoms with Crippen LogP contribution < -0.4 is 0 Å². The molecule has 76 valence electrons. The van der Waals surface area contributed by atoms with Crippen LogP contribution in [0, 0.1) is 11.8 Å². The SMILES string of the molecule is C=C(CC(C)C(C)C)N1CCCC1. The number of hydrogen-bond donors (Lipinski definition) is 0. The Balaban J connectivity index is 2.31. The van der Waals surface area contributed by atoms with Gasteiger partial charge in [-0.15, -0.1) is 0 Å². The van der Waals surface area contributed by atoms with Crippen LogP contribution in [0.5, 0.6) is 0 Å². The van der Waals surface area contributed by atoms with Crippen molar-refractivity contribution in [1.82, 2.24) is 4.90 Å². The Morgan fingerprint density at radius 2 is 1.77 bits per heavy atom. The molecule has 0 aromatic rings. The Hall–Kier alpha value is -0.460. The second-order valence-electron chi connectivity index (χ2n) is 4.69. The van der Waals surface area contributed by atoms with Gasteiger partial charge in [0.15, 0.2) is 0 Å². The highest BCUT2D eigenvalue weighted by atomic mass is 15.1. The molecule has 1 nitrogen and oxygen atoms in total. The number of rotatable bonds is 4. The average Bonchev–Trinajstić information content (AvgIpc) is 2.55. The Morgan fingerprint density at radius 1 is 1.23 bits per heavy atom. The van der Waals surface area contributed by atoms with Crippen LogP contribution in [0.3, 0.4) is 0 Å². The molecule has 0 radical (unpaired) electrons. The molecule has 0 aromatic heterocycles. The molecule has 1 aliphatic rings. The van der Waals surface area contributed by atoms with Gasteiger partial charge in [-0.2, -0.15) is 0 Å². The maximum atomic E-state index is 4.19. The van der Waals surface area contributed by atoms with E-state index in [-0.39, 0.29) is 0 Å². The lowest BCUT2D eigenvalue weighted by Gasteiger charge is -2.24. The molecule has 13 heavy (non-hydrogen) atoms. The fraction of sp³-hybridized carbons (Fsp3) is 0.833. The molecule has 1 saturated heterocycles. The monoisotopic (exact) mass is 181 g/mol. The standard InChI is InChI=1S/C12H23N/c1-10(2)11(3)9-12(4)13-7-5-6-8-13/h10-11H,4-9H2,1-3H3. The summed E-state index contributed by atoms with van der Waals surface area (Å²) in [4.78, 5) is 2.46. The molecule has 1 rings (SSSR count). The lowest BCUT2D eigenvalue weighted by Crippen LogP contribution is -2.20. The third-order valence-corrected chi connectivity index (χ3v) is 3.25. The summed E-state index contributed by atoms with van der Waals surface area (Å²) < 4.78 is 0. The van der Waals surface area contributed by atoms with Crippen LogP contribution in [-0.2, 0) is 0 Å². The van der Waals surface area contributed by atoms with Crippen molar-refractivity contribution >= 4 is 0 Å². The predicted octanol–water partition coefficient (Wildman–Crippen LogP) is 3.28. The van der Waals surface area contributed by atoms with Gasteiger partial charge in [-0.3, -0.25) is 0 Å². The number of allylic oxidation sites excluding steroid dienone is 1. The maximum absolute atomic E-state index is 4.19. The summed E-state index contributed by atoms with van der Waals surface area (Å²) in [5, 5.41) is 0. The third-order valence-electron chi connectivity index (χ3n) is 3.25. The van der Waals surface area contributed by atoms with E-state index in [1.807, 2.05) is 0 Å². The lowest BCUT2D eigenvalue weighted by molar-refractivity contribution is 0.344. The molecular formula is C12H23N. The van der Waals surface area contributed by atoms with Gasteiger partial charge in [0.05, 0.1) is 0 Å². The zero-order chi connectivity index (χ0) is 9.84. The molecule has 0 aliphatic carbocycles. The first kappa shape index (κ1) is 10.6. The van der Waals surface area contributed by atoms with E-state index in [0.29, 0.717) is 0 Å². The quantitative estimate of drug-likeness (QED) is 0.643. The molecule has 0 N–H and O–H groups in total. The minimum Gasteiger partial charge on any atom is -0.375 e. The Labute approximate surface area is 82.8 Å². The lowest BCUT2D eigenvalue weighted by atomic mass is 9.93. The van der Waals surface area contributed by atoms with Crippen molar-refractivity contribution in [1.29, 1.82) is 0 Å². The summed E-state index contributed by atoms with van der Waals surface area (Å²) in [6.07, 6.45) is 3.89. The van der Waals surface area contributed by atoms with Gasteiger partial charge in [0, 0.05) is 18.8 Å². The zero-order valence-electron chi connectivity index (χ0n) is 9.34. The van der Waals surface area contributed by atoms with Gasteiger partial charge in [-0.25, -0.2) is 0 Å². The molecular weight excluding hydrogens is 158 g/mol. The second-order valence-corrected chi connectivity index (χ2v) is 4.69. The van der Waals surface area contributed by atoms with Crippen molar-refractivity contribution in [2.24, 2.45) is 11.8 Å². The molecule has 0 amide bonds. The average molecular weight is 181 g/mol. The van der Waals surface area contributed by atoms with Gasteiger partial charge < -0.3 is 4.90 Å². The molecule has 0 saturated carbocycles. The summed E-state index contributed by atoms with van der Waals surface area (Å²) in [6.45, 7) is 13.6. The van der Waals surface area contributed by atoms with E-state index in [1.54, 1.807) is 0 Å². The molecule has 1 unspecified atom stereocenters. The van der Waals surface area contributed by atoms with Crippen molar-refractivity contribution in [2.75, 3.05) is 13.1 Å². The first-order valence-corrected chi connectivity index (χ1v) is 5.54. The van der Waals surface area contributed by atoms with E-state index >= 15 is 0 Å². The van der Waals surface area contributed by atoms with Crippen molar-refractivity contribution in [3.05, 3.63) is 12.3 Å². The largest absolute Gasteiger partial charge is 0.375 e. The molecule has 1 heteroatoms. The van der Waals surface area contributed by atoms with E-state index in [4.69, 9.17) is 0 Å². The zero-order valence-corrected chi connectivity index (χ0v) is 9.34. The van der Waals surface area contributed by atoms with Crippen LogP contribution in [0.1, 0.15) is 40.0 Å². The second kappa shape index (κ2) is 4.69. The van der Waals surface area contributed by atoms with Crippen LogP contribution in [0.25, 0.3) is 0 Å². The maximum Gasteiger partial charge on any atom is 0.0175 e. The highest BCUT2D eigenvalue weighted by Gasteiger charge is 2.16. The molecule has 1 heterocycles. The normalized spacial score (nSPS) is 19.5. The van der Waals surface area contributed by atoms with E-state index in [9.17, 15) is 0 Å². The Kier molecular flexibility index (Phi) is 3.83. The van der Waals surface area contributed by atoms with Gasteiger partial charge in [0.25, 0.3) is 0 Å². The molecule has 0 spiro atoms. The van der Waals surface area contributed by atoms with E-state index in [2.05, 4.69) is 32.3 Å². The predicted molar refractivity (Wildman–Crippen MR) is 58.6 cm³/mol. The molecule has 1 atom stereocenters. The fourth-order valence-electron chi connectivity index (χ4n) is 1.77. The summed E-state index contributed by atoms with van der Waals surface area (Å²) in [6, 6.07) is 0. The van der Waals surface area contributed by atoms with Gasteiger partial charge >= 0.3 is 0 Å². The molecule has 1 aliphatic heterocycles. The van der Waals surface area contributed by atoms with Gasteiger partial charge in [-0.05, 0) is 31.1 Å². The highest BCUT2D eigenvalue weighted by molar-refractivity contribution is 4.97. The van der Waals surface area contributed by atoms with Crippen LogP contribution >= 0.6 is 0 Å². The smallest absolute Gasteiger partial charge is 0.0175 e. The van der Waals surface area contributed by atoms with Crippen LogP contribution in [0.2, 0.25) is 0 Å². The van der Waals surface area contributed by atoms with E-state index < -0.39 is 0 Å². The highest BCUT2D eigenvalue weighted by Crippen LogP contribution is 2.23. The molecule has 0 bridgehead atoms. The Morgan fingerprint density at radius 3 is 2.23 bits per heavy atom. The third kappa shape index (κ3) is 3.06. The van der Waals surface area contributed by atoms with Crippen molar-refractivity contribution in [2.45, 2.75) is 40.0 Å². The van der Waals surface area contributed by atoms with Crippen LogP contribution in [0.4, 0.5) is 0 Å². The van der Waals surface area contributed by atoms with E-state index in [1.165, 1.54) is 38.0 Å². The summed E-state index contributed by atoms with van der Waals surface area (Å²) in [5.74, 6) is 1.55. The van der Waals surface area contributed by atoms with Crippen molar-refractivity contribution in [3.63, 3.8) is 0 Å². The first-order chi connectivity index (χ1) is 6.11. The fourth-order valence-corrected chi connectivity index (χ4v) is 1.77. The topological polar surface area (TPSA) is 3.24 Å². The molecule has 1 fully saturated rings. The summed E-state index contributed by atoms with van der Waals surface area (Å²) in [7, 11) is 0. The van der Waals surface area contributed by atoms with Gasteiger partial charge in [-0.1, -0.05) is 27.4 Å². The summed E-state index contributed by atoms with van der Waals surface area (Å²) in [5.41, 5.74) is 1.36. The van der Waals surface area contributed by atoms with Crippen molar-refractivity contribution < 1.29 is 0 Å². The van der Waals surface area contributed by atoms with E-state index in [0.717, 1.165) is 11.8 Å². The minimum atomic E-state index is 0.771. The Bertz CT molecular complexity index is 166. The number of nitrogens with zero attached hydrogens (tertiary/aromatic N) is 1. The first-order valence-electron chi connectivity index (χ1n) is 5.54. The van der Waals surface area contributed by atoms with Gasteiger partial charge in [0.1, 0.15) is 0 Å². The number of likely N-dealkylation sites (tertiary alicyclic amines) is 1.